The summed E-state index contributed by atoms with van der Waals surface area (Å²) in [6.07, 6.45) is 3.01. The monoisotopic (exact) mass is 380 g/mol. The van der Waals surface area contributed by atoms with Gasteiger partial charge in [-0.15, -0.1) is 0 Å². The number of amides is 2. The van der Waals surface area contributed by atoms with Gasteiger partial charge in [0.15, 0.2) is 0 Å². The molecule has 2 fully saturated rings. The Balaban J connectivity index is 1.66. The minimum Gasteiger partial charge on any atom is -0.383 e. The molecule has 0 aromatic heterocycles. The van der Waals surface area contributed by atoms with Crippen molar-refractivity contribution in [3.63, 3.8) is 0 Å². The number of nitrogens with zero attached hydrogens (tertiary/aromatic N) is 2. The second-order valence-corrected chi connectivity index (χ2v) is 7.64. The highest BCUT2D eigenvalue weighted by Crippen LogP contribution is 2.39. The molecule has 27 heavy (non-hydrogen) atoms. The summed E-state index contributed by atoms with van der Waals surface area (Å²) < 4.78 is 32.0. The lowest BCUT2D eigenvalue weighted by atomic mass is 9.73. The van der Waals surface area contributed by atoms with Crippen molar-refractivity contribution in [2.75, 3.05) is 39.9 Å². The van der Waals surface area contributed by atoms with Gasteiger partial charge in [-0.05, 0) is 30.9 Å². The number of hydrogen-bond acceptors (Lipinski definition) is 3. The third-order valence-electron chi connectivity index (χ3n) is 5.68. The number of carbonyl (C=O) groups excluding carboxylic acids is 2. The first kappa shape index (κ1) is 19.7. The van der Waals surface area contributed by atoms with Gasteiger partial charge in [0.25, 0.3) is 0 Å². The minimum atomic E-state index is -0.691. The van der Waals surface area contributed by atoms with Crippen LogP contribution in [0.3, 0.4) is 0 Å². The van der Waals surface area contributed by atoms with Gasteiger partial charge in [-0.2, -0.15) is 0 Å². The van der Waals surface area contributed by atoms with Crippen LogP contribution in [0.2, 0.25) is 0 Å². The van der Waals surface area contributed by atoms with Crippen LogP contribution in [0.25, 0.3) is 0 Å². The summed E-state index contributed by atoms with van der Waals surface area (Å²) in [5, 5.41) is 0. The van der Waals surface area contributed by atoms with E-state index in [1.807, 2.05) is 4.90 Å². The van der Waals surface area contributed by atoms with Crippen LogP contribution >= 0.6 is 0 Å². The maximum atomic E-state index is 13.9. The van der Waals surface area contributed by atoms with E-state index in [0.29, 0.717) is 39.2 Å². The maximum Gasteiger partial charge on any atom is 0.227 e. The lowest BCUT2D eigenvalue weighted by Gasteiger charge is -2.48. The highest BCUT2D eigenvalue weighted by molar-refractivity contribution is 5.79. The third kappa shape index (κ3) is 4.64. The molecule has 0 N–H and O–H groups in total. The number of piperidine rings is 2. The van der Waals surface area contributed by atoms with E-state index in [1.54, 1.807) is 12.0 Å². The molecule has 2 aliphatic heterocycles. The summed E-state index contributed by atoms with van der Waals surface area (Å²) in [5.41, 5.74) is 0.109. The van der Waals surface area contributed by atoms with Crippen molar-refractivity contribution in [3.8, 4) is 0 Å². The van der Waals surface area contributed by atoms with Gasteiger partial charge >= 0.3 is 0 Å². The Labute approximate surface area is 158 Å². The fraction of sp³-hybridized carbons (Fsp3) is 0.600. The summed E-state index contributed by atoms with van der Waals surface area (Å²) in [4.78, 5) is 28.5. The first-order chi connectivity index (χ1) is 12.9. The summed E-state index contributed by atoms with van der Waals surface area (Å²) >= 11 is 0. The Kier molecular flexibility index (Phi) is 6.09. The molecule has 1 aromatic carbocycles. The van der Waals surface area contributed by atoms with E-state index in [0.717, 1.165) is 25.3 Å². The molecule has 3 rings (SSSR count). The summed E-state index contributed by atoms with van der Waals surface area (Å²) in [7, 11) is 1.61. The number of likely N-dealkylation sites (tertiary alicyclic amines) is 2. The van der Waals surface area contributed by atoms with Crippen molar-refractivity contribution in [2.24, 2.45) is 5.41 Å². The number of hydrogen-bond donors (Lipinski definition) is 0. The first-order valence-electron chi connectivity index (χ1n) is 9.41. The van der Waals surface area contributed by atoms with E-state index in [4.69, 9.17) is 4.74 Å². The summed E-state index contributed by atoms with van der Waals surface area (Å²) in [6.45, 7) is 2.89. The van der Waals surface area contributed by atoms with Gasteiger partial charge < -0.3 is 14.5 Å². The third-order valence-corrected chi connectivity index (χ3v) is 5.68. The summed E-state index contributed by atoms with van der Waals surface area (Å²) in [6, 6.07) is 3.30. The van der Waals surface area contributed by atoms with Crippen LogP contribution in [-0.2, 0) is 20.7 Å². The topological polar surface area (TPSA) is 49.9 Å². The van der Waals surface area contributed by atoms with Crippen molar-refractivity contribution in [3.05, 3.63) is 35.4 Å². The lowest BCUT2D eigenvalue weighted by Crippen LogP contribution is -2.55. The Morgan fingerprint density at radius 3 is 2.81 bits per heavy atom. The Bertz CT molecular complexity index is 712. The number of ether oxygens (including phenoxy) is 1. The molecule has 2 amide bonds. The van der Waals surface area contributed by atoms with E-state index < -0.39 is 11.6 Å². The van der Waals surface area contributed by atoms with Crippen molar-refractivity contribution >= 4 is 11.8 Å². The SMILES string of the molecule is COCCN1C[C@]2(CCCN(C(=O)Cc3ccc(F)cc3F)C2)CCC1=O. The van der Waals surface area contributed by atoms with Crippen LogP contribution in [0.5, 0.6) is 0 Å². The van der Waals surface area contributed by atoms with E-state index in [-0.39, 0.29) is 29.2 Å². The molecule has 0 radical (unpaired) electrons. The van der Waals surface area contributed by atoms with Crippen molar-refractivity contribution in [1.29, 1.82) is 0 Å². The van der Waals surface area contributed by atoms with Crippen LogP contribution in [0, 0.1) is 17.0 Å². The largest absolute Gasteiger partial charge is 0.383 e. The van der Waals surface area contributed by atoms with Gasteiger partial charge in [0.2, 0.25) is 11.8 Å². The molecule has 1 atom stereocenters. The average molecular weight is 380 g/mol. The van der Waals surface area contributed by atoms with Crippen LogP contribution in [0.15, 0.2) is 18.2 Å². The van der Waals surface area contributed by atoms with E-state index >= 15 is 0 Å². The smallest absolute Gasteiger partial charge is 0.227 e. The zero-order valence-corrected chi connectivity index (χ0v) is 15.7. The van der Waals surface area contributed by atoms with Gasteiger partial charge in [-0.25, -0.2) is 8.78 Å². The van der Waals surface area contributed by atoms with Gasteiger partial charge in [0.1, 0.15) is 11.6 Å². The zero-order chi connectivity index (χ0) is 19.4. The molecule has 7 heteroatoms. The first-order valence-corrected chi connectivity index (χ1v) is 9.41. The number of methoxy groups -OCH3 is 1. The predicted octanol–water partition coefficient (Wildman–Crippen LogP) is 2.38. The molecule has 148 valence electrons. The van der Waals surface area contributed by atoms with Crippen LogP contribution < -0.4 is 0 Å². The average Bonchev–Trinajstić information content (AvgIpc) is 2.65. The highest BCUT2D eigenvalue weighted by atomic mass is 19.1. The molecule has 0 saturated carbocycles. The van der Waals surface area contributed by atoms with Gasteiger partial charge in [0, 0.05) is 51.2 Å². The molecule has 0 aliphatic carbocycles. The molecule has 2 heterocycles. The summed E-state index contributed by atoms with van der Waals surface area (Å²) in [5.74, 6) is -1.36. The molecular formula is C20H26F2N2O3. The molecule has 0 unspecified atom stereocenters. The molecule has 1 aromatic rings. The highest BCUT2D eigenvalue weighted by Gasteiger charge is 2.42. The van der Waals surface area contributed by atoms with E-state index in [1.165, 1.54) is 12.1 Å². The number of rotatable bonds is 5. The van der Waals surface area contributed by atoms with Crippen LogP contribution in [-0.4, -0.2) is 61.5 Å². The molecule has 5 nitrogen and oxygen atoms in total. The van der Waals surface area contributed by atoms with E-state index in [9.17, 15) is 18.4 Å². The van der Waals surface area contributed by atoms with Gasteiger partial charge in [0.05, 0.1) is 13.0 Å². The Morgan fingerprint density at radius 2 is 2.07 bits per heavy atom. The van der Waals surface area contributed by atoms with Gasteiger partial charge in [-0.3, -0.25) is 9.59 Å². The predicted molar refractivity (Wildman–Crippen MR) is 96.0 cm³/mol. The molecule has 0 bridgehead atoms. The quantitative estimate of drug-likeness (QED) is 0.788. The van der Waals surface area contributed by atoms with Crippen LogP contribution in [0.1, 0.15) is 31.2 Å². The second-order valence-electron chi connectivity index (χ2n) is 7.64. The Hall–Kier alpha value is -2.02. The molecule has 1 spiro atoms. The zero-order valence-electron chi connectivity index (χ0n) is 15.7. The number of benzene rings is 1. The molecule has 2 saturated heterocycles. The fourth-order valence-electron chi connectivity index (χ4n) is 4.20. The Morgan fingerprint density at radius 1 is 1.26 bits per heavy atom. The standard InChI is InChI=1S/C20H26F2N2O3/c1-27-10-9-24-14-20(7-5-18(24)25)6-2-8-23(13-20)19(26)11-15-3-4-16(21)12-17(15)22/h3-4,12H,2,5-11,13-14H2,1H3/t20-/m1/s1. The van der Waals surface area contributed by atoms with Crippen molar-refractivity contribution in [2.45, 2.75) is 32.1 Å². The number of carbonyl (C=O) groups is 2. The maximum absolute atomic E-state index is 13.9. The van der Waals surface area contributed by atoms with Gasteiger partial charge in [-0.1, -0.05) is 6.07 Å². The van der Waals surface area contributed by atoms with Crippen molar-refractivity contribution < 1.29 is 23.1 Å². The lowest BCUT2D eigenvalue weighted by molar-refractivity contribution is -0.143. The van der Waals surface area contributed by atoms with E-state index in [2.05, 4.69) is 0 Å². The molecular weight excluding hydrogens is 354 g/mol. The van der Waals surface area contributed by atoms with Crippen LogP contribution in [0.4, 0.5) is 8.78 Å². The normalized spacial score (nSPS) is 23.1. The minimum absolute atomic E-state index is 0.0749. The fourth-order valence-corrected chi connectivity index (χ4v) is 4.20. The number of halogens is 2. The van der Waals surface area contributed by atoms with Crippen molar-refractivity contribution in [1.82, 2.24) is 9.80 Å². The molecule has 2 aliphatic rings. The second kappa shape index (κ2) is 8.33.